The molecule has 0 fully saturated rings. The molecule has 0 spiro atoms. The third-order valence-corrected chi connectivity index (χ3v) is 5.65. The number of sulfonamides is 1. The van der Waals surface area contributed by atoms with E-state index in [9.17, 15) is 22.8 Å². The van der Waals surface area contributed by atoms with Gasteiger partial charge >= 0.3 is 0 Å². The molecule has 0 atom stereocenters. The summed E-state index contributed by atoms with van der Waals surface area (Å²) in [5.74, 6) is -1.19. The second-order valence-corrected chi connectivity index (χ2v) is 8.33. The van der Waals surface area contributed by atoms with Crippen molar-refractivity contribution in [2.45, 2.75) is 11.8 Å². The highest BCUT2D eigenvalue weighted by molar-refractivity contribution is 7.89. The molecule has 0 aromatic heterocycles. The maximum absolute atomic E-state index is 12.2. The normalized spacial score (nSPS) is 11.1. The highest BCUT2D eigenvalue weighted by atomic mass is 32.2. The number of rotatable bonds is 7. The van der Waals surface area contributed by atoms with Crippen LogP contribution < -0.4 is 10.6 Å². The van der Waals surface area contributed by atoms with Gasteiger partial charge in [0.25, 0.3) is 5.91 Å². The Bertz CT molecular complexity index is 1020. The Balaban J connectivity index is 2.01. The van der Waals surface area contributed by atoms with E-state index < -0.39 is 21.8 Å². The minimum atomic E-state index is -3.67. The summed E-state index contributed by atoms with van der Waals surface area (Å²) in [5.41, 5.74) is 1.01. The summed E-state index contributed by atoms with van der Waals surface area (Å²) in [6.07, 6.45) is 0. The lowest BCUT2D eigenvalue weighted by Crippen LogP contribution is -2.33. The van der Waals surface area contributed by atoms with Crippen molar-refractivity contribution in [3.8, 4) is 0 Å². The standard InChI is InChI=1S/C19H21N3O5S/c1-13(23)14-6-4-8-16(10-14)21-18(24)12-20-19(25)15-7-5-9-17(11-15)28(26,27)22(2)3/h4-11H,12H2,1-3H3,(H,20,25)(H,21,24). The maximum Gasteiger partial charge on any atom is 0.251 e. The van der Waals surface area contributed by atoms with Crippen LogP contribution in [0.15, 0.2) is 53.4 Å². The molecule has 8 nitrogen and oxygen atoms in total. The average molecular weight is 403 g/mol. The molecule has 0 saturated heterocycles. The molecule has 0 aliphatic heterocycles. The van der Waals surface area contributed by atoms with Crippen LogP contribution in [0.1, 0.15) is 27.6 Å². The molecule has 0 aliphatic carbocycles. The van der Waals surface area contributed by atoms with E-state index in [-0.39, 0.29) is 22.8 Å². The lowest BCUT2D eigenvalue weighted by molar-refractivity contribution is -0.115. The summed E-state index contributed by atoms with van der Waals surface area (Å²) in [5, 5.41) is 5.02. The number of carbonyl (C=O) groups excluding carboxylic acids is 3. The van der Waals surface area contributed by atoms with Gasteiger partial charge in [0, 0.05) is 30.9 Å². The number of nitrogens with zero attached hydrogens (tertiary/aromatic N) is 1. The zero-order chi connectivity index (χ0) is 20.9. The van der Waals surface area contributed by atoms with Crippen LogP contribution in [-0.4, -0.2) is 51.0 Å². The number of anilines is 1. The molecular weight excluding hydrogens is 382 g/mol. The van der Waals surface area contributed by atoms with Gasteiger partial charge in [0.15, 0.2) is 5.78 Å². The largest absolute Gasteiger partial charge is 0.343 e. The summed E-state index contributed by atoms with van der Waals surface area (Å²) >= 11 is 0. The molecule has 148 valence electrons. The minimum Gasteiger partial charge on any atom is -0.343 e. The Morgan fingerprint density at radius 1 is 0.964 bits per heavy atom. The van der Waals surface area contributed by atoms with E-state index in [1.165, 1.54) is 51.4 Å². The van der Waals surface area contributed by atoms with Crippen LogP contribution in [0.2, 0.25) is 0 Å². The molecule has 0 heterocycles. The van der Waals surface area contributed by atoms with Crippen molar-refractivity contribution in [3.63, 3.8) is 0 Å². The van der Waals surface area contributed by atoms with Gasteiger partial charge in [-0.2, -0.15) is 0 Å². The van der Waals surface area contributed by atoms with Crippen LogP contribution in [0.4, 0.5) is 5.69 Å². The van der Waals surface area contributed by atoms with Crippen molar-refractivity contribution in [1.82, 2.24) is 9.62 Å². The monoisotopic (exact) mass is 403 g/mol. The van der Waals surface area contributed by atoms with Gasteiger partial charge in [-0.15, -0.1) is 0 Å². The summed E-state index contributed by atoms with van der Waals surface area (Å²) in [6.45, 7) is 1.11. The number of nitrogens with one attached hydrogen (secondary N) is 2. The number of hydrogen-bond acceptors (Lipinski definition) is 5. The fourth-order valence-electron chi connectivity index (χ4n) is 2.29. The predicted molar refractivity (Wildman–Crippen MR) is 105 cm³/mol. The Morgan fingerprint density at radius 3 is 2.25 bits per heavy atom. The molecule has 28 heavy (non-hydrogen) atoms. The number of Topliss-reactive ketones (excluding diaryl/α,β-unsaturated/α-hetero) is 1. The van der Waals surface area contributed by atoms with Crippen LogP contribution in [0, 0.1) is 0 Å². The second-order valence-electron chi connectivity index (χ2n) is 6.18. The lowest BCUT2D eigenvalue weighted by atomic mass is 10.1. The van der Waals surface area contributed by atoms with Gasteiger partial charge in [-0.25, -0.2) is 12.7 Å². The van der Waals surface area contributed by atoms with E-state index in [2.05, 4.69) is 10.6 Å². The summed E-state index contributed by atoms with van der Waals surface area (Å²) in [6, 6.07) is 12.0. The summed E-state index contributed by atoms with van der Waals surface area (Å²) in [7, 11) is -0.877. The minimum absolute atomic E-state index is 0.0179. The van der Waals surface area contributed by atoms with Crippen LogP contribution in [0.25, 0.3) is 0 Å². The first-order chi connectivity index (χ1) is 13.1. The van der Waals surface area contributed by atoms with Crippen molar-refractivity contribution in [3.05, 3.63) is 59.7 Å². The van der Waals surface area contributed by atoms with Crippen molar-refractivity contribution in [2.75, 3.05) is 26.0 Å². The SMILES string of the molecule is CC(=O)c1cccc(NC(=O)CNC(=O)c2cccc(S(=O)(=O)N(C)C)c2)c1. The number of benzene rings is 2. The van der Waals surface area contributed by atoms with Gasteiger partial charge < -0.3 is 10.6 Å². The van der Waals surface area contributed by atoms with E-state index in [0.717, 1.165) is 4.31 Å². The molecule has 2 amide bonds. The number of amides is 2. The average Bonchev–Trinajstić information content (AvgIpc) is 2.66. The van der Waals surface area contributed by atoms with Crippen LogP contribution in [0.5, 0.6) is 0 Å². The van der Waals surface area contributed by atoms with Crippen LogP contribution >= 0.6 is 0 Å². The van der Waals surface area contributed by atoms with E-state index in [1.807, 2.05) is 0 Å². The number of carbonyl (C=O) groups is 3. The topological polar surface area (TPSA) is 113 Å². The number of ketones is 1. The zero-order valence-electron chi connectivity index (χ0n) is 15.7. The highest BCUT2D eigenvalue weighted by Gasteiger charge is 2.19. The van der Waals surface area contributed by atoms with Crippen molar-refractivity contribution >= 4 is 33.3 Å². The van der Waals surface area contributed by atoms with Gasteiger partial charge in [-0.05, 0) is 37.3 Å². The van der Waals surface area contributed by atoms with Gasteiger partial charge in [0.1, 0.15) is 0 Å². The first-order valence-electron chi connectivity index (χ1n) is 8.33. The zero-order valence-corrected chi connectivity index (χ0v) is 16.5. The molecule has 0 bridgehead atoms. The Morgan fingerprint density at radius 2 is 1.61 bits per heavy atom. The maximum atomic E-state index is 12.2. The van der Waals surface area contributed by atoms with E-state index >= 15 is 0 Å². The predicted octanol–water partition coefficient (Wildman–Crippen LogP) is 1.51. The Labute approximate surface area is 163 Å². The van der Waals surface area contributed by atoms with E-state index in [4.69, 9.17) is 0 Å². The first-order valence-corrected chi connectivity index (χ1v) is 9.77. The third-order valence-electron chi connectivity index (χ3n) is 3.84. The molecule has 9 heteroatoms. The van der Waals surface area contributed by atoms with Crippen molar-refractivity contribution in [1.29, 1.82) is 0 Å². The molecule has 2 N–H and O–H groups in total. The smallest absolute Gasteiger partial charge is 0.251 e. The fourth-order valence-corrected chi connectivity index (χ4v) is 3.24. The van der Waals surface area contributed by atoms with Crippen LogP contribution in [0.3, 0.4) is 0 Å². The molecule has 0 saturated carbocycles. The number of hydrogen-bond donors (Lipinski definition) is 2. The molecule has 2 rings (SSSR count). The van der Waals surface area contributed by atoms with Gasteiger partial charge in [0.05, 0.1) is 11.4 Å². The molecule has 0 aliphatic rings. The van der Waals surface area contributed by atoms with Gasteiger partial charge in [-0.3, -0.25) is 14.4 Å². The fraction of sp³-hybridized carbons (Fsp3) is 0.211. The second kappa shape index (κ2) is 8.77. The first kappa shape index (κ1) is 21.3. The van der Waals surface area contributed by atoms with Crippen molar-refractivity contribution < 1.29 is 22.8 Å². The molecular formula is C19H21N3O5S. The Kier molecular flexibility index (Phi) is 6.66. The third kappa shape index (κ3) is 5.24. The Hall–Kier alpha value is -3.04. The van der Waals surface area contributed by atoms with Gasteiger partial charge in [-0.1, -0.05) is 18.2 Å². The molecule has 2 aromatic carbocycles. The molecule has 0 radical (unpaired) electrons. The summed E-state index contributed by atoms with van der Waals surface area (Å²) in [4.78, 5) is 35.6. The quantitative estimate of drug-likeness (QED) is 0.681. The van der Waals surface area contributed by atoms with Crippen molar-refractivity contribution in [2.24, 2.45) is 0 Å². The summed E-state index contributed by atoms with van der Waals surface area (Å²) < 4.78 is 25.4. The molecule has 2 aromatic rings. The van der Waals surface area contributed by atoms with Gasteiger partial charge in [0.2, 0.25) is 15.9 Å². The highest BCUT2D eigenvalue weighted by Crippen LogP contribution is 2.15. The lowest BCUT2D eigenvalue weighted by Gasteiger charge is -2.12. The molecule has 0 unspecified atom stereocenters. The van der Waals surface area contributed by atoms with E-state index in [1.54, 1.807) is 18.2 Å². The van der Waals surface area contributed by atoms with E-state index in [0.29, 0.717) is 11.3 Å². The van der Waals surface area contributed by atoms with Crippen LogP contribution in [-0.2, 0) is 14.8 Å².